The third kappa shape index (κ3) is 8.33. The van der Waals surface area contributed by atoms with E-state index in [-0.39, 0.29) is 18.9 Å². The fraction of sp³-hybridized carbons (Fsp3) is 0.423. The molecular weight excluding hydrogens is 440 g/mol. The van der Waals surface area contributed by atoms with Gasteiger partial charge in [-0.3, -0.25) is 9.59 Å². The number of benzene rings is 2. The Morgan fingerprint density at radius 3 is 2.21 bits per heavy atom. The van der Waals surface area contributed by atoms with Crippen LogP contribution in [-0.2, 0) is 11.2 Å². The average Bonchev–Trinajstić information content (AvgIpc) is 2.81. The van der Waals surface area contributed by atoms with Crippen molar-refractivity contribution in [2.45, 2.75) is 52.1 Å². The van der Waals surface area contributed by atoms with Gasteiger partial charge in [-0.15, -0.1) is 0 Å². The summed E-state index contributed by atoms with van der Waals surface area (Å²) in [5, 5.41) is 5.84. The highest BCUT2D eigenvalue weighted by Gasteiger charge is 2.19. The Morgan fingerprint density at radius 1 is 1.00 bits per heavy atom. The van der Waals surface area contributed by atoms with Crippen molar-refractivity contribution in [3.8, 4) is 0 Å². The van der Waals surface area contributed by atoms with Crippen molar-refractivity contribution in [3.63, 3.8) is 0 Å². The molecule has 0 fully saturated rings. The second kappa shape index (κ2) is 13.5. The summed E-state index contributed by atoms with van der Waals surface area (Å²) in [6.45, 7) is 7.16. The second-order valence-electron chi connectivity index (χ2n) is 8.36. The van der Waals surface area contributed by atoms with Crippen LogP contribution in [0.2, 0.25) is 0 Å². The number of carbonyl (C=O) groups excluding carboxylic acids is 3. The molecule has 0 aliphatic rings. The van der Waals surface area contributed by atoms with Crippen molar-refractivity contribution < 1.29 is 23.2 Å². The maximum absolute atomic E-state index is 13.6. The molecule has 34 heavy (non-hydrogen) atoms. The van der Waals surface area contributed by atoms with Gasteiger partial charge in [0.25, 0.3) is 11.8 Å². The van der Waals surface area contributed by atoms with Crippen LogP contribution in [0.15, 0.2) is 42.5 Å². The average molecular weight is 474 g/mol. The first-order valence-electron chi connectivity index (χ1n) is 11.6. The minimum absolute atomic E-state index is 0.133. The topological polar surface area (TPSA) is 78.5 Å². The summed E-state index contributed by atoms with van der Waals surface area (Å²) < 4.78 is 27.3. The smallest absolute Gasteiger partial charge is 0.253 e. The van der Waals surface area contributed by atoms with E-state index in [0.717, 1.165) is 25.2 Å². The largest absolute Gasteiger partial charge is 0.348 e. The van der Waals surface area contributed by atoms with Crippen LogP contribution in [0.25, 0.3) is 0 Å². The third-order valence-corrected chi connectivity index (χ3v) is 5.28. The molecule has 0 aliphatic heterocycles. The lowest BCUT2D eigenvalue weighted by Gasteiger charge is -2.22. The van der Waals surface area contributed by atoms with E-state index in [0.29, 0.717) is 29.8 Å². The molecule has 184 valence electrons. The van der Waals surface area contributed by atoms with Crippen molar-refractivity contribution in [1.29, 1.82) is 0 Å². The predicted molar refractivity (Wildman–Crippen MR) is 128 cm³/mol. The molecule has 0 unspecified atom stereocenters. The number of rotatable bonds is 13. The number of nitrogens with one attached hydrogen (secondary N) is 2. The molecule has 0 bridgehead atoms. The molecule has 2 aromatic carbocycles. The molecule has 0 radical (unpaired) electrons. The van der Waals surface area contributed by atoms with Crippen LogP contribution in [-0.4, -0.2) is 54.7 Å². The fourth-order valence-electron chi connectivity index (χ4n) is 3.66. The van der Waals surface area contributed by atoms with Crippen LogP contribution in [0.5, 0.6) is 0 Å². The molecule has 0 saturated carbocycles. The molecule has 0 spiro atoms. The van der Waals surface area contributed by atoms with E-state index in [9.17, 15) is 23.2 Å². The summed E-state index contributed by atoms with van der Waals surface area (Å²) in [5.74, 6) is -1.96. The Kier molecular flexibility index (Phi) is 10.8. The normalized spacial score (nSPS) is 12.6. The van der Waals surface area contributed by atoms with Gasteiger partial charge in [0, 0.05) is 42.9 Å². The number of amides is 2. The van der Waals surface area contributed by atoms with Crippen molar-refractivity contribution in [1.82, 2.24) is 15.5 Å². The van der Waals surface area contributed by atoms with Gasteiger partial charge in [0.15, 0.2) is 0 Å². The van der Waals surface area contributed by atoms with Crippen LogP contribution in [0.1, 0.15) is 59.9 Å². The summed E-state index contributed by atoms with van der Waals surface area (Å²) in [6, 6.07) is 8.69. The van der Waals surface area contributed by atoms with E-state index in [1.54, 1.807) is 36.1 Å². The van der Waals surface area contributed by atoms with Crippen LogP contribution in [0.3, 0.4) is 0 Å². The predicted octanol–water partition coefficient (Wildman–Crippen LogP) is 3.75. The lowest BCUT2D eigenvalue weighted by Crippen LogP contribution is -2.46. The van der Waals surface area contributed by atoms with E-state index in [4.69, 9.17) is 0 Å². The van der Waals surface area contributed by atoms with Gasteiger partial charge < -0.3 is 20.3 Å². The Hall–Kier alpha value is -3.13. The zero-order valence-electron chi connectivity index (χ0n) is 19.9. The minimum Gasteiger partial charge on any atom is -0.348 e. The van der Waals surface area contributed by atoms with Gasteiger partial charge in [-0.25, -0.2) is 8.78 Å². The van der Waals surface area contributed by atoms with Gasteiger partial charge in [-0.05, 0) is 62.1 Å². The van der Waals surface area contributed by atoms with Crippen LogP contribution >= 0.6 is 0 Å². The molecule has 2 aromatic rings. The second-order valence-corrected chi connectivity index (χ2v) is 8.36. The number of hydrogen-bond donors (Lipinski definition) is 2. The summed E-state index contributed by atoms with van der Waals surface area (Å²) in [6.07, 6.45) is 2.55. The number of aldehydes is 1. The van der Waals surface area contributed by atoms with Gasteiger partial charge >= 0.3 is 0 Å². The molecule has 8 heteroatoms. The molecule has 2 rings (SSSR count). The summed E-state index contributed by atoms with van der Waals surface area (Å²) in [5.41, 5.74) is 1.10. The number of carbonyl (C=O) groups is 3. The molecule has 0 aliphatic carbocycles. The minimum atomic E-state index is -0.704. The Bertz CT molecular complexity index is 957. The monoisotopic (exact) mass is 473 g/mol. The highest BCUT2D eigenvalue weighted by Crippen LogP contribution is 2.13. The Morgan fingerprint density at radius 2 is 1.62 bits per heavy atom. The Balaban J connectivity index is 2.20. The zero-order valence-corrected chi connectivity index (χ0v) is 19.9. The molecule has 0 heterocycles. The highest BCUT2D eigenvalue weighted by atomic mass is 19.1. The van der Waals surface area contributed by atoms with E-state index in [1.165, 1.54) is 12.1 Å². The number of halogens is 2. The van der Waals surface area contributed by atoms with Crippen LogP contribution < -0.4 is 10.6 Å². The lowest BCUT2D eigenvalue weighted by molar-refractivity contribution is -0.109. The van der Waals surface area contributed by atoms with Gasteiger partial charge in [0.1, 0.15) is 17.9 Å². The van der Waals surface area contributed by atoms with E-state index < -0.39 is 29.6 Å². The molecule has 2 amide bonds. The maximum Gasteiger partial charge on any atom is 0.253 e. The fourth-order valence-corrected chi connectivity index (χ4v) is 3.66. The molecule has 2 atom stereocenters. The van der Waals surface area contributed by atoms with Crippen molar-refractivity contribution in [2.75, 3.05) is 19.6 Å². The standard InChI is InChI=1S/C26H33F2N3O3/c1-4-9-31(10-5-2)26(34)21-8-6-7-20(14-21)25(33)30-24(16-29-18(3)17-32)13-19-11-22(27)15-23(28)12-19/h6-8,11-12,14-15,17-18,24,29H,4-5,9-10,13,16H2,1-3H3,(H,30,33)/t18-,24-/m0/s1. The Labute approximate surface area is 199 Å². The van der Waals surface area contributed by atoms with Gasteiger partial charge in [0.05, 0.1) is 6.04 Å². The molecular formula is C26H33F2N3O3. The van der Waals surface area contributed by atoms with Gasteiger partial charge in [-0.2, -0.15) is 0 Å². The van der Waals surface area contributed by atoms with Crippen LogP contribution in [0, 0.1) is 11.6 Å². The summed E-state index contributed by atoms with van der Waals surface area (Å²) in [4.78, 5) is 38.7. The van der Waals surface area contributed by atoms with Crippen LogP contribution in [0.4, 0.5) is 8.78 Å². The SMILES string of the molecule is CCCN(CCC)C(=O)c1cccc(C(=O)N[C@H](CN[C@@H](C)C=O)Cc2cc(F)cc(F)c2)c1. The molecule has 0 saturated heterocycles. The third-order valence-electron chi connectivity index (χ3n) is 5.28. The molecule has 6 nitrogen and oxygen atoms in total. The van der Waals surface area contributed by atoms with Crippen molar-refractivity contribution >= 4 is 18.1 Å². The van der Waals surface area contributed by atoms with E-state index >= 15 is 0 Å². The highest BCUT2D eigenvalue weighted by molar-refractivity contribution is 5.99. The van der Waals surface area contributed by atoms with Crippen molar-refractivity contribution in [3.05, 3.63) is 70.8 Å². The van der Waals surface area contributed by atoms with Crippen molar-refractivity contribution in [2.24, 2.45) is 0 Å². The van der Waals surface area contributed by atoms with E-state index in [1.807, 2.05) is 13.8 Å². The number of nitrogens with zero attached hydrogens (tertiary/aromatic N) is 1. The van der Waals surface area contributed by atoms with Gasteiger partial charge in [-0.1, -0.05) is 19.9 Å². The van der Waals surface area contributed by atoms with Gasteiger partial charge in [0.2, 0.25) is 0 Å². The quantitative estimate of drug-likeness (QED) is 0.435. The van der Waals surface area contributed by atoms with E-state index in [2.05, 4.69) is 10.6 Å². The summed E-state index contributed by atoms with van der Waals surface area (Å²) in [7, 11) is 0. The molecule has 0 aromatic heterocycles. The first-order chi connectivity index (χ1) is 16.3. The first kappa shape index (κ1) is 27.1. The molecule has 2 N–H and O–H groups in total. The zero-order chi connectivity index (χ0) is 25.1. The summed E-state index contributed by atoms with van der Waals surface area (Å²) >= 11 is 0. The maximum atomic E-state index is 13.6. The first-order valence-corrected chi connectivity index (χ1v) is 11.6. The lowest BCUT2D eigenvalue weighted by atomic mass is 10.0. The number of hydrogen-bond acceptors (Lipinski definition) is 4.